The van der Waals surface area contributed by atoms with Crippen molar-refractivity contribution in [2.75, 3.05) is 59.7 Å². The zero-order chi connectivity index (χ0) is 18.1. The van der Waals surface area contributed by atoms with Crippen LogP contribution < -0.4 is 4.74 Å². The van der Waals surface area contributed by atoms with Crippen LogP contribution in [0.15, 0.2) is 24.3 Å². The van der Waals surface area contributed by atoms with Gasteiger partial charge in [-0.25, -0.2) is 0 Å². The van der Waals surface area contributed by atoms with Crippen LogP contribution in [0.1, 0.15) is 17.3 Å². The van der Waals surface area contributed by atoms with Crippen molar-refractivity contribution >= 4 is 11.8 Å². The molecule has 1 aliphatic rings. The molecule has 1 aromatic rings. The van der Waals surface area contributed by atoms with Gasteiger partial charge in [-0.2, -0.15) is 0 Å². The lowest BCUT2D eigenvalue weighted by atomic mass is 10.1. The quantitative estimate of drug-likeness (QED) is 0.655. The van der Waals surface area contributed by atoms with Crippen LogP contribution in [0.3, 0.4) is 0 Å². The van der Waals surface area contributed by atoms with Crippen LogP contribution in [0.2, 0.25) is 0 Å². The van der Waals surface area contributed by atoms with E-state index in [1.54, 1.807) is 41.2 Å². The average molecular weight is 350 g/mol. The van der Waals surface area contributed by atoms with E-state index in [0.717, 1.165) is 5.75 Å². The van der Waals surface area contributed by atoms with Gasteiger partial charge < -0.3 is 24.0 Å². The number of benzene rings is 1. The second kappa shape index (κ2) is 10.0. The molecule has 1 fully saturated rings. The maximum atomic E-state index is 12.5. The third-order valence-electron chi connectivity index (χ3n) is 3.99. The summed E-state index contributed by atoms with van der Waals surface area (Å²) < 4.78 is 15.5. The van der Waals surface area contributed by atoms with Crippen LogP contribution in [-0.4, -0.2) is 81.3 Å². The van der Waals surface area contributed by atoms with E-state index in [-0.39, 0.29) is 18.4 Å². The van der Waals surface area contributed by atoms with E-state index in [1.807, 2.05) is 6.92 Å². The Bertz CT molecular complexity index is 553. The zero-order valence-electron chi connectivity index (χ0n) is 14.9. The molecule has 0 spiro atoms. The molecule has 0 saturated carbocycles. The number of carbonyl (C=O) groups excluding carboxylic acids is 2. The molecule has 0 radical (unpaired) electrons. The molecule has 2 rings (SSSR count). The Hall–Kier alpha value is -2.12. The minimum atomic E-state index is -0.0516. The Morgan fingerprint density at radius 1 is 1.00 bits per heavy atom. The maximum absolute atomic E-state index is 12.5. The lowest BCUT2D eigenvalue weighted by Gasteiger charge is -2.34. The van der Waals surface area contributed by atoms with Crippen LogP contribution in [0, 0.1) is 0 Å². The van der Waals surface area contributed by atoms with Gasteiger partial charge >= 0.3 is 0 Å². The van der Waals surface area contributed by atoms with Crippen molar-refractivity contribution in [3.05, 3.63) is 29.8 Å². The molecule has 0 unspecified atom stereocenters. The SMILES string of the molecule is CCOc1ccc(C(=O)N2CCN(C(=O)COCCOC)CC2)cc1. The molecule has 0 aromatic heterocycles. The van der Waals surface area contributed by atoms with Crippen molar-refractivity contribution in [2.45, 2.75) is 6.92 Å². The van der Waals surface area contributed by atoms with E-state index >= 15 is 0 Å². The normalized spacial score (nSPS) is 14.5. The van der Waals surface area contributed by atoms with Gasteiger partial charge in [-0.1, -0.05) is 0 Å². The van der Waals surface area contributed by atoms with Crippen LogP contribution in [0.5, 0.6) is 5.75 Å². The molecular formula is C18H26N2O5. The van der Waals surface area contributed by atoms with E-state index in [4.69, 9.17) is 14.2 Å². The molecule has 1 aliphatic heterocycles. The largest absolute Gasteiger partial charge is 0.494 e. The standard InChI is InChI=1S/C18H26N2O5/c1-3-25-16-6-4-15(5-7-16)18(22)20-10-8-19(9-11-20)17(21)14-24-13-12-23-2/h4-7H,3,8-14H2,1-2H3. The van der Waals surface area contributed by atoms with Gasteiger partial charge in [-0.15, -0.1) is 0 Å². The smallest absolute Gasteiger partial charge is 0.253 e. The Morgan fingerprint density at radius 3 is 2.24 bits per heavy atom. The van der Waals surface area contributed by atoms with Gasteiger partial charge in [0, 0.05) is 38.9 Å². The van der Waals surface area contributed by atoms with Crippen molar-refractivity contribution in [1.29, 1.82) is 0 Å². The molecule has 0 N–H and O–H groups in total. The van der Waals surface area contributed by atoms with Gasteiger partial charge in [0.25, 0.3) is 5.91 Å². The first kappa shape index (κ1) is 19.2. The molecule has 7 heteroatoms. The highest BCUT2D eigenvalue weighted by Gasteiger charge is 2.24. The lowest BCUT2D eigenvalue weighted by Crippen LogP contribution is -2.51. The monoisotopic (exact) mass is 350 g/mol. The van der Waals surface area contributed by atoms with Gasteiger partial charge in [0.2, 0.25) is 5.91 Å². The van der Waals surface area contributed by atoms with E-state index in [1.165, 1.54) is 0 Å². The second-order valence-corrected chi connectivity index (χ2v) is 5.68. The van der Waals surface area contributed by atoms with Gasteiger partial charge in [-0.05, 0) is 31.2 Å². The van der Waals surface area contributed by atoms with Crippen molar-refractivity contribution in [1.82, 2.24) is 9.80 Å². The minimum absolute atomic E-state index is 0.0218. The number of rotatable bonds is 8. The molecule has 2 amide bonds. The van der Waals surface area contributed by atoms with E-state index in [2.05, 4.69) is 0 Å². The summed E-state index contributed by atoms with van der Waals surface area (Å²) in [6.45, 7) is 5.53. The molecule has 25 heavy (non-hydrogen) atoms. The highest BCUT2D eigenvalue weighted by molar-refractivity contribution is 5.94. The van der Waals surface area contributed by atoms with Crippen LogP contribution in [0.25, 0.3) is 0 Å². The predicted octanol–water partition coefficient (Wildman–Crippen LogP) is 1.03. The van der Waals surface area contributed by atoms with E-state index < -0.39 is 0 Å². The molecule has 7 nitrogen and oxygen atoms in total. The van der Waals surface area contributed by atoms with E-state index in [0.29, 0.717) is 51.6 Å². The third-order valence-corrected chi connectivity index (χ3v) is 3.99. The number of methoxy groups -OCH3 is 1. The Labute approximate surface area is 148 Å². The second-order valence-electron chi connectivity index (χ2n) is 5.68. The summed E-state index contributed by atoms with van der Waals surface area (Å²) >= 11 is 0. The summed E-state index contributed by atoms with van der Waals surface area (Å²) in [5.41, 5.74) is 0.631. The molecule has 138 valence electrons. The molecule has 1 aromatic carbocycles. The van der Waals surface area contributed by atoms with Gasteiger partial charge in [-0.3, -0.25) is 9.59 Å². The summed E-state index contributed by atoms with van der Waals surface area (Å²) in [6.07, 6.45) is 0. The average Bonchev–Trinajstić information content (AvgIpc) is 2.65. The van der Waals surface area contributed by atoms with Crippen LogP contribution in [0.4, 0.5) is 0 Å². The number of carbonyl (C=O) groups is 2. The maximum Gasteiger partial charge on any atom is 0.253 e. The third kappa shape index (κ3) is 5.72. The lowest BCUT2D eigenvalue weighted by molar-refractivity contribution is -0.138. The van der Waals surface area contributed by atoms with Gasteiger partial charge in [0.15, 0.2) is 0 Å². The fraction of sp³-hybridized carbons (Fsp3) is 0.556. The Morgan fingerprint density at radius 2 is 1.64 bits per heavy atom. The van der Waals surface area contributed by atoms with Gasteiger partial charge in [0.1, 0.15) is 12.4 Å². The molecule has 1 heterocycles. The molecule has 0 bridgehead atoms. The number of amides is 2. The zero-order valence-corrected chi connectivity index (χ0v) is 14.9. The van der Waals surface area contributed by atoms with Crippen LogP contribution in [-0.2, 0) is 14.3 Å². The van der Waals surface area contributed by atoms with Gasteiger partial charge in [0.05, 0.1) is 19.8 Å². The first-order chi connectivity index (χ1) is 12.2. The van der Waals surface area contributed by atoms with Crippen molar-refractivity contribution in [2.24, 2.45) is 0 Å². The highest BCUT2D eigenvalue weighted by Crippen LogP contribution is 2.15. The Balaban J connectivity index is 1.78. The summed E-state index contributed by atoms with van der Waals surface area (Å²) in [7, 11) is 1.59. The topological polar surface area (TPSA) is 68.3 Å². The van der Waals surface area contributed by atoms with Crippen molar-refractivity contribution in [3.8, 4) is 5.75 Å². The molecule has 1 saturated heterocycles. The van der Waals surface area contributed by atoms with E-state index in [9.17, 15) is 9.59 Å². The predicted molar refractivity (Wildman–Crippen MR) is 92.8 cm³/mol. The summed E-state index contributed by atoms with van der Waals surface area (Å²) in [6, 6.07) is 7.14. The first-order valence-corrected chi connectivity index (χ1v) is 8.52. The van der Waals surface area contributed by atoms with Crippen LogP contribution >= 0.6 is 0 Å². The molecular weight excluding hydrogens is 324 g/mol. The number of hydrogen-bond acceptors (Lipinski definition) is 5. The minimum Gasteiger partial charge on any atom is -0.494 e. The summed E-state index contributed by atoms with van der Waals surface area (Å²) in [5.74, 6) is 0.679. The fourth-order valence-electron chi connectivity index (χ4n) is 2.59. The number of piperazine rings is 1. The Kier molecular flexibility index (Phi) is 7.69. The fourth-order valence-corrected chi connectivity index (χ4v) is 2.59. The molecule has 0 atom stereocenters. The number of ether oxygens (including phenoxy) is 3. The first-order valence-electron chi connectivity index (χ1n) is 8.52. The summed E-state index contributed by atoms with van der Waals surface area (Å²) in [5, 5.41) is 0. The van der Waals surface area contributed by atoms with Crippen molar-refractivity contribution in [3.63, 3.8) is 0 Å². The number of hydrogen-bond donors (Lipinski definition) is 0. The van der Waals surface area contributed by atoms with Crippen molar-refractivity contribution < 1.29 is 23.8 Å². The molecule has 0 aliphatic carbocycles. The summed E-state index contributed by atoms with van der Waals surface area (Å²) in [4.78, 5) is 28.1. The number of nitrogens with zero attached hydrogens (tertiary/aromatic N) is 2. The highest BCUT2D eigenvalue weighted by atomic mass is 16.5.